The molecule has 0 bridgehead atoms. The summed E-state index contributed by atoms with van der Waals surface area (Å²) < 4.78 is 5.42. The van der Waals surface area contributed by atoms with Crippen molar-refractivity contribution in [3.63, 3.8) is 0 Å². The Morgan fingerprint density at radius 3 is 2.95 bits per heavy atom. The van der Waals surface area contributed by atoms with Crippen LogP contribution in [0.3, 0.4) is 0 Å². The van der Waals surface area contributed by atoms with Gasteiger partial charge in [0.1, 0.15) is 17.1 Å². The fraction of sp³-hybridized carbons (Fsp3) is 0.250. The summed E-state index contributed by atoms with van der Waals surface area (Å²) in [4.78, 5) is 19.3. The van der Waals surface area contributed by atoms with Crippen molar-refractivity contribution in [2.24, 2.45) is 0 Å². The second kappa shape index (κ2) is 5.31. The number of hydrogen-bond acceptors (Lipinski definition) is 4. The summed E-state index contributed by atoms with van der Waals surface area (Å²) in [5, 5.41) is 13.1. The van der Waals surface area contributed by atoms with Crippen molar-refractivity contribution >= 4 is 16.9 Å². The molecule has 6 heteroatoms. The lowest BCUT2D eigenvalue weighted by Gasteiger charge is -2.21. The number of aliphatic hydroxyl groups is 1. The summed E-state index contributed by atoms with van der Waals surface area (Å²) in [6.07, 6.45) is 1.58. The van der Waals surface area contributed by atoms with Crippen molar-refractivity contribution in [2.45, 2.75) is 19.4 Å². The number of nitrogens with one attached hydrogen (secondary N) is 2. The molecule has 3 N–H and O–H groups in total. The number of rotatable bonds is 4. The molecule has 2 aromatic heterocycles. The molecule has 0 saturated heterocycles. The van der Waals surface area contributed by atoms with E-state index in [-0.39, 0.29) is 12.5 Å². The van der Waals surface area contributed by atoms with Gasteiger partial charge in [-0.15, -0.1) is 0 Å². The van der Waals surface area contributed by atoms with E-state index in [1.807, 2.05) is 0 Å². The van der Waals surface area contributed by atoms with Crippen molar-refractivity contribution < 1.29 is 14.3 Å². The fourth-order valence-electron chi connectivity index (χ4n) is 2.24. The first-order valence-corrected chi connectivity index (χ1v) is 6.96. The monoisotopic (exact) mass is 299 g/mol. The number of carbonyl (C=O) groups excluding carboxylic acids is 1. The van der Waals surface area contributed by atoms with Crippen LogP contribution < -0.4 is 5.32 Å². The normalized spacial score (nSPS) is 14.0. The van der Waals surface area contributed by atoms with Crippen molar-refractivity contribution in [3.8, 4) is 0 Å². The standard InChI is InChI=1S/C16H17N3O3/c1-10-3-6-14(22-10)16(2,21)8-17-15(20)11-4-5-12-13(7-11)19-9-18-12/h3-7,9,21H,8H2,1-2H3,(H,17,20)(H,18,19). The van der Waals surface area contributed by atoms with E-state index in [1.54, 1.807) is 50.5 Å². The van der Waals surface area contributed by atoms with E-state index in [0.29, 0.717) is 17.1 Å². The van der Waals surface area contributed by atoms with Gasteiger partial charge in [-0.3, -0.25) is 4.79 Å². The maximum absolute atomic E-state index is 12.2. The van der Waals surface area contributed by atoms with E-state index in [9.17, 15) is 9.90 Å². The predicted octanol–water partition coefficient (Wildman–Crippen LogP) is 2.10. The van der Waals surface area contributed by atoms with Gasteiger partial charge in [-0.2, -0.15) is 0 Å². The molecule has 3 rings (SSSR count). The number of furan rings is 1. The summed E-state index contributed by atoms with van der Waals surface area (Å²) in [6.45, 7) is 3.46. The topological polar surface area (TPSA) is 91.1 Å². The third kappa shape index (κ3) is 2.73. The average molecular weight is 299 g/mol. The summed E-state index contributed by atoms with van der Waals surface area (Å²) in [5.74, 6) is 0.876. The largest absolute Gasteiger partial charge is 0.463 e. The summed E-state index contributed by atoms with van der Waals surface area (Å²) in [5.41, 5.74) is 0.834. The Kier molecular flexibility index (Phi) is 3.46. The van der Waals surface area contributed by atoms with Crippen LogP contribution in [0.1, 0.15) is 28.8 Å². The van der Waals surface area contributed by atoms with Gasteiger partial charge in [-0.25, -0.2) is 4.98 Å². The van der Waals surface area contributed by atoms with Crippen LogP contribution in [0, 0.1) is 6.92 Å². The first-order valence-electron chi connectivity index (χ1n) is 6.96. The average Bonchev–Trinajstić information content (AvgIpc) is 3.12. The van der Waals surface area contributed by atoms with Crippen LogP contribution in [0.25, 0.3) is 11.0 Å². The number of H-pyrrole nitrogens is 1. The number of aryl methyl sites for hydroxylation is 1. The van der Waals surface area contributed by atoms with Crippen LogP contribution >= 0.6 is 0 Å². The number of fused-ring (bicyclic) bond motifs is 1. The lowest BCUT2D eigenvalue weighted by molar-refractivity contribution is 0.0323. The van der Waals surface area contributed by atoms with E-state index in [0.717, 1.165) is 11.0 Å². The molecule has 2 heterocycles. The minimum Gasteiger partial charge on any atom is -0.463 e. The molecule has 114 valence electrons. The lowest BCUT2D eigenvalue weighted by atomic mass is 10.0. The molecule has 1 aromatic carbocycles. The van der Waals surface area contributed by atoms with Gasteiger partial charge in [0.15, 0.2) is 0 Å². The van der Waals surface area contributed by atoms with Crippen molar-refractivity contribution in [1.82, 2.24) is 15.3 Å². The second-order valence-electron chi connectivity index (χ2n) is 5.50. The van der Waals surface area contributed by atoms with E-state index in [2.05, 4.69) is 15.3 Å². The Balaban J connectivity index is 1.71. The maximum Gasteiger partial charge on any atom is 0.251 e. The minimum absolute atomic E-state index is 0.0554. The first-order chi connectivity index (χ1) is 10.5. The molecule has 1 atom stereocenters. The van der Waals surface area contributed by atoms with E-state index in [4.69, 9.17) is 4.42 Å². The number of hydrogen-bond donors (Lipinski definition) is 3. The zero-order valence-corrected chi connectivity index (χ0v) is 12.4. The smallest absolute Gasteiger partial charge is 0.251 e. The molecule has 0 aliphatic heterocycles. The molecular weight excluding hydrogens is 282 g/mol. The molecule has 1 unspecified atom stereocenters. The SMILES string of the molecule is Cc1ccc(C(C)(O)CNC(=O)c2ccc3nc[nH]c3c2)o1. The number of carbonyl (C=O) groups is 1. The number of amides is 1. The first kappa shape index (κ1) is 14.3. The third-order valence-corrected chi connectivity index (χ3v) is 3.55. The number of aromatic amines is 1. The van der Waals surface area contributed by atoms with Crippen LogP contribution in [0.2, 0.25) is 0 Å². The minimum atomic E-state index is -1.26. The molecular formula is C16H17N3O3. The fourth-order valence-corrected chi connectivity index (χ4v) is 2.24. The van der Waals surface area contributed by atoms with Crippen LogP contribution in [0.15, 0.2) is 41.1 Å². The molecule has 3 aromatic rings. The number of nitrogens with zero attached hydrogens (tertiary/aromatic N) is 1. The molecule has 22 heavy (non-hydrogen) atoms. The van der Waals surface area contributed by atoms with Crippen molar-refractivity contribution in [3.05, 3.63) is 53.7 Å². The van der Waals surface area contributed by atoms with Gasteiger partial charge in [0.25, 0.3) is 5.91 Å². The summed E-state index contributed by atoms with van der Waals surface area (Å²) in [6, 6.07) is 8.68. The molecule has 0 radical (unpaired) electrons. The maximum atomic E-state index is 12.2. The molecule has 0 spiro atoms. The van der Waals surface area contributed by atoms with Gasteiger partial charge in [0.05, 0.1) is 23.9 Å². The molecule has 0 aliphatic carbocycles. The Labute approximate surface area is 127 Å². The van der Waals surface area contributed by atoms with Crippen LogP contribution in [0.5, 0.6) is 0 Å². The predicted molar refractivity (Wildman–Crippen MR) is 81.4 cm³/mol. The summed E-state index contributed by atoms with van der Waals surface area (Å²) in [7, 11) is 0. The second-order valence-corrected chi connectivity index (χ2v) is 5.50. The van der Waals surface area contributed by atoms with Crippen molar-refractivity contribution in [1.29, 1.82) is 0 Å². The number of imidazole rings is 1. The zero-order valence-electron chi connectivity index (χ0n) is 12.4. The van der Waals surface area contributed by atoms with Gasteiger partial charge in [-0.1, -0.05) is 0 Å². The summed E-state index contributed by atoms with van der Waals surface area (Å²) >= 11 is 0. The van der Waals surface area contributed by atoms with Gasteiger partial charge in [0, 0.05) is 5.56 Å². The van der Waals surface area contributed by atoms with E-state index >= 15 is 0 Å². The van der Waals surface area contributed by atoms with Gasteiger partial charge >= 0.3 is 0 Å². The highest BCUT2D eigenvalue weighted by Crippen LogP contribution is 2.22. The Morgan fingerprint density at radius 1 is 1.41 bits per heavy atom. The Morgan fingerprint density at radius 2 is 2.23 bits per heavy atom. The highest BCUT2D eigenvalue weighted by Gasteiger charge is 2.27. The van der Waals surface area contributed by atoms with Crippen LogP contribution in [0.4, 0.5) is 0 Å². The Bertz CT molecular complexity index is 817. The van der Waals surface area contributed by atoms with Crippen LogP contribution in [-0.4, -0.2) is 27.5 Å². The number of benzene rings is 1. The highest BCUT2D eigenvalue weighted by molar-refractivity contribution is 5.97. The lowest BCUT2D eigenvalue weighted by Crippen LogP contribution is -2.38. The molecule has 6 nitrogen and oxygen atoms in total. The quantitative estimate of drug-likeness (QED) is 0.688. The van der Waals surface area contributed by atoms with Gasteiger partial charge < -0.3 is 19.8 Å². The molecule has 1 amide bonds. The van der Waals surface area contributed by atoms with Gasteiger partial charge in [-0.05, 0) is 44.2 Å². The Hall–Kier alpha value is -2.60. The zero-order chi connectivity index (χ0) is 15.7. The van der Waals surface area contributed by atoms with E-state index in [1.165, 1.54) is 0 Å². The third-order valence-electron chi connectivity index (χ3n) is 3.55. The number of aromatic nitrogens is 2. The van der Waals surface area contributed by atoms with Crippen LogP contribution in [-0.2, 0) is 5.60 Å². The molecule has 0 fully saturated rings. The highest BCUT2D eigenvalue weighted by atomic mass is 16.4. The van der Waals surface area contributed by atoms with Gasteiger partial charge in [0.2, 0.25) is 0 Å². The van der Waals surface area contributed by atoms with Crippen molar-refractivity contribution in [2.75, 3.05) is 6.54 Å². The molecule has 0 saturated carbocycles. The van der Waals surface area contributed by atoms with E-state index < -0.39 is 5.60 Å². The molecule has 0 aliphatic rings.